The molecule has 0 aliphatic heterocycles. The molecule has 0 aliphatic carbocycles. The van der Waals surface area contributed by atoms with E-state index in [0.717, 1.165) is 11.3 Å². The molecule has 0 saturated heterocycles. The Labute approximate surface area is 96.4 Å². The average Bonchev–Trinajstić information content (AvgIpc) is 2.42. The Balaban J connectivity index is 3.37. The van der Waals surface area contributed by atoms with Crippen molar-refractivity contribution in [2.24, 2.45) is 5.73 Å². The molecule has 15 heavy (non-hydrogen) atoms. The van der Waals surface area contributed by atoms with Crippen LogP contribution in [0, 0.1) is 6.92 Å². The maximum atomic E-state index is 13.2. The Hall–Kier alpha value is -1.15. The largest absolute Gasteiger partial charge is 0.477 e. The van der Waals surface area contributed by atoms with Crippen molar-refractivity contribution >= 4 is 45.0 Å². The number of halogens is 2. The van der Waals surface area contributed by atoms with Crippen LogP contribution in [0.3, 0.4) is 0 Å². The smallest absolute Gasteiger partial charge is 0.348 e. The number of carbonyl (C=O) groups excluding carboxylic acids is 1. The fraction of sp³-hybridized carbons (Fsp3) is 0.143. The van der Waals surface area contributed by atoms with Crippen molar-refractivity contribution in [3.63, 3.8) is 0 Å². The summed E-state index contributed by atoms with van der Waals surface area (Å²) < 4.78 is 13.7. The molecule has 0 aromatic carbocycles. The quantitative estimate of drug-likeness (QED) is 0.821. The highest BCUT2D eigenvalue weighted by Gasteiger charge is 2.26. The lowest BCUT2D eigenvalue weighted by atomic mass is 10.2. The summed E-state index contributed by atoms with van der Waals surface area (Å²) in [6.45, 7) is 1.48. The second kappa shape index (κ2) is 4.15. The molecule has 0 unspecified atom stereocenters. The first-order valence-electron chi connectivity index (χ1n) is 3.63. The molecule has 5 nitrogen and oxygen atoms in total. The zero-order valence-corrected chi connectivity index (χ0v) is 9.85. The molecule has 0 aliphatic rings. The van der Waals surface area contributed by atoms with Crippen LogP contribution in [0.25, 0.3) is 0 Å². The lowest BCUT2D eigenvalue weighted by Crippen LogP contribution is -2.29. The van der Waals surface area contributed by atoms with Crippen LogP contribution >= 0.6 is 27.3 Å². The van der Waals surface area contributed by atoms with Gasteiger partial charge in [-0.2, -0.15) is 0 Å². The highest BCUT2D eigenvalue weighted by Crippen LogP contribution is 2.39. The second-order valence-corrected chi connectivity index (χ2v) is 4.94. The van der Waals surface area contributed by atoms with Crippen LogP contribution in [0.2, 0.25) is 0 Å². The first-order valence-corrected chi connectivity index (χ1v) is 5.24. The summed E-state index contributed by atoms with van der Waals surface area (Å²) in [5, 5.41) is 8.40. The van der Waals surface area contributed by atoms with E-state index in [1.54, 1.807) is 0 Å². The van der Waals surface area contributed by atoms with Crippen molar-refractivity contribution in [3.8, 4) is 0 Å². The summed E-state index contributed by atoms with van der Waals surface area (Å²) >= 11 is 3.88. The van der Waals surface area contributed by atoms with E-state index < -0.39 is 12.0 Å². The van der Waals surface area contributed by atoms with Gasteiger partial charge in [0.25, 0.3) is 0 Å². The van der Waals surface area contributed by atoms with Crippen LogP contribution < -0.4 is 10.9 Å². The third-order valence-electron chi connectivity index (χ3n) is 1.64. The van der Waals surface area contributed by atoms with E-state index in [4.69, 9.17) is 10.8 Å². The molecule has 0 radical (unpaired) electrons. The molecule has 0 saturated carbocycles. The molecular formula is C7H6BrFN2O3S. The van der Waals surface area contributed by atoms with Gasteiger partial charge in [0, 0.05) is 5.56 Å². The monoisotopic (exact) mass is 296 g/mol. The number of aromatic carboxylic acids is 1. The summed E-state index contributed by atoms with van der Waals surface area (Å²) in [5.41, 5.74) is 4.71. The van der Waals surface area contributed by atoms with E-state index in [0.29, 0.717) is 9.35 Å². The fourth-order valence-electron chi connectivity index (χ4n) is 0.969. The fourth-order valence-corrected chi connectivity index (χ4v) is 2.49. The minimum Gasteiger partial charge on any atom is -0.477 e. The van der Waals surface area contributed by atoms with Crippen molar-refractivity contribution in [3.05, 3.63) is 14.2 Å². The number of nitrogens with zero attached hydrogens (tertiary/aromatic N) is 1. The molecule has 1 heterocycles. The van der Waals surface area contributed by atoms with Crippen molar-refractivity contribution in [2.45, 2.75) is 6.92 Å². The highest BCUT2D eigenvalue weighted by molar-refractivity contribution is 9.11. The number of amides is 2. The molecule has 8 heteroatoms. The summed E-state index contributed by atoms with van der Waals surface area (Å²) in [4.78, 5) is 21.1. The third kappa shape index (κ3) is 2.10. The average molecular weight is 297 g/mol. The summed E-state index contributed by atoms with van der Waals surface area (Å²) in [6, 6.07) is -1.36. The Bertz CT molecular complexity index is 434. The van der Waals surface area contributed by atoms with Crippen LogP contribution in [0.4, 0.5) is 15.0 Å². The summed E-state index contributed by atoms with van der Waals surface area (Å²) in [6.07, 6.45) is 0. The van der Waals surface area contributed by atoms with Crippen molar-refractivity contribution in [2.75, 3.05) is 5.12 Å². The molecule has 1 rings (SSSR count). The lowest BCUT2D eigenvalue weighted by molar-refractivity contribution is 0.0702. The molecule has 0 spiro atoms. The van der Waals surface area contributed by atoms with Crippen molar-refractivity contribution < 1.29 is 19.2 Å². The molecule has 0 atom stereocenters. The van der Waals surface area contributed by atoms with E-state index in [1.165, 1.54) is 6.92 Å². The van der Waals surface area contributed by atoms with Gasteiger partial charge in [0.05, 0.1) is 3.79 Å². The van der Waals surface area contributed by atoms with Crippen molar-refractivity contribution in [1.82, 2.24) is 0 Å². The van der Waals surface area contributed by atoms with Gasteiger partial charge in [-0.15, -0.1) is 16.5 Å². The molecule has 1 aromatic rings. The summed E-state index contributed by atoms with van der Waals surface area (Å²) in [5.74, 6) is -1.31. The van der Waals surface area contributed by atoms with Crippen LogP contribution in [-0.2, 0) is 0 Å². The SMILES string of the molecule is Cc1c(Br)sc(C(=O)O)c1N(F)C(N)=O. The van der Waals surface area contributed by atoms with Gasteiger partial charge in [0.2, 0.25) is 0 Å². The standard InChI is InChI=1S/C7H6BrFN2O3S/c1-2-3(11(9)7(10)14)4(6(12)13)15-5(2)8/h1H3,(H2,10,14)(H,12,13). The van der Waals surface area contributed by atoms with Gasteiger partial charge in [-0.05, 0) is 22.9 Å². The second-order valence-electron chi connectivity index (χ2n) is 2.60. The number of thiophene rings is 1. The number of primary amides is 1. The maximum Gasteiger partial charge on any atom is 0.348 e. The highest BCUT2D eigenvalue weighted by atomic mass is 79.9. The van der Waals surface area contributed by atoms with Crippen LogP contribution in [0.1, 0.15) is 15.2 Å². The Morgan fingerprint density at radius 1 is 1.60 bits per heavy atom. The number of rotatable bonds is 2. The molecule has 2 amide bonds. The van der Waals surface area contributed by atoms with Gasteiger partial charge < -0.3 is 10.8 Å². The Kier molecular flexibility index (Phi) is 3.30. The number of urea groups is 1. The van der Waals surface area contributed by atoms with Crippen LogP contribution in [0.15, 0.2) is 3.79 Å². The van der Waals surface area contributed by atoms with Gasteiger partial charge in [-0.3, -0.25) is 0 Å². The number of carboxylic acids is 1. The minimum absolute atomic E-state index is 0.277. The maximum absolute atomic E-state index is 13.2. The summed E-state index contributed by atoms with van der Waals surface area (Å²) in [7, 11) is 0. The third-order valence-corrected chi connectivity index (χ3v) is 3.78. The van der Waals surface area contributed by atoms with Gasteiger partial charge in [-0.1, -0.05) is 4.48 Å². The topological polar surface area (TPSA) is 83.6 Å². The number of anilines is 1. The van der Waals surface area contributed by atoms with E-state index >= 15 is 0 Å². The number of carboxylic acid groups (broad SMARTS) is 1. The minimum atomic E-state index is -1.36. The van der Waals surface area contributed by atoms with E-state index in [2.05, 4.69) is 15.9 Å². The number of hydrogen-bond donors (Lipinski definition) is 2. The predicted octanol–water partition coefficient (Wildman–Crippen LogP) is 2.29. The zero-order valence-electron chi connectivity index (χ0n) is 7.45. The molecule has 82 valence electrons. The van der Waals surface area contributed by atoms with E-state index in [1.807, 2.05) is 0 Å². The van der Waals surface area contributed by atoms with E-state index in [9.17, 15) is 14.1 Å². The zero-order chi connectivity index (χ0) is 11.7. The molecular weight excluding hydrogens is 291 g/mol. The lowest BCUT2D eigenvalue weighted by Gasteiger charge is -2.09. The van der Waals surface area contributed by atoms with Gasteiger partial charge in [-0.25, -0.2) is 9.59 Å². The van der Waals surface area contributed by atoms with Gasteiger partial charge in [0.15, 0.2) is 0 Å². The van der Waals surface area contributed by atoms with E-state index in [-0.39, 0.29) is 15.7 Å². The van der Waals surface area contributed by atoms with Crippen LogP contribution in [-0.4, -0.2) is 17.1 Å². The first kappa shape index (κ1) is 11.9. The normalized spacial score (nSPS) is 10.1. The Morgan fingerprint density at radius 2 is 2.13 bits per heavy atom. The number of carbonyl (C=O) groups is 2. The predicted molar refractivity (Wildman–Crippen MR) is 56.9 cm³/mol. The Morgan fingerprint density at radius 3 is 2.53 bits per heavy atom. The van der Waals surface area contributed by atoms with Crippen molar-refractivity contribution in [1.29, 1.82) is 0 Å². The molecule has 0 bridgehead atoms. The van der Waals surface area contributed by atoms with Crippen LogP contribution in [0.5, 0.6) is 0 Å². The molecule has 1 aromatic heterocycles. The van der Waals surface area contributed by atoms with Gasteiger partial charge >= 0.3 is 12.0 Å². The molecule has 0 fully saturated rings. The molecule has 3 N–H and O–H groups in total. The number of hydrogen-bond acceptors (Lipinski definition) is 3. The first-order chi connectivity index (χ1) is 6.86. The van der Waals surface area contributed by atoms with Gasteiger partial charge in [0.1, 0.15) is 10.6 Å². The number of nitrogens with two attached hydrogens (primary N) is 1.